The SMILES string of the molecule is CCc1cccc(C)c1NC(=O)C(C)(C)C(N)=NO. The summed E-state index contributed by atoms with van der Waals surface area (Å²) in [5.74, 6) is -0.413. The molecule has 0 spiro atoms. The lowest BCUT2D eigenvalue weighted by Crippen LogP contribution is -2.42. The van der Waals surface area contributed by atoms with Gasteiger partial charge in [-0.15, -0.1) is 0 Å². The molecule has 0 aromatic heterocycles. The summed E-state index contributed by atoms with van der Waals surface area (Å²) in [6.45, 7) is 7.19. The second kappa shape index (κ2) is 5.73. The molecule has 0 aliphatic carbocycles. The van der Waals surface area contributed by atoms with Crippen LogP contribution in [-0.4, -0.2) is 17.0 Å². The van der Waals surface area contributed by atoms with Crippen LogP contribution in [0.3, 0.4) is 0 Å². The summed E-state index contributed by atoms with van der Waals surface area (Å²) >= 11 is 0. The molecule has 0 aliphatic rings. The molecule has 0 bridgehead atoms. The number of para-hydroxylation sites is 1. The number of benzene rings is 1. The van der Waals surface area contributed by atoms with Crippen LogP contribution in [0.15, 0.2) is 23.4 Å². The number of carbonyl (C=O) groups excluding carboxylic acids is 1. The summed E-state index contributed by atoms with van der Waals surface area (Å²) in [6, 6.07) is 5.86. The van der Waals surface area contributed by atoms with E-state index >= 15 is 0 Å². The number of hydrogen-bond donors (Lipinski definition) is 3. The predicted molar refractivity (Wildman–Crippen MR) is 76.4 cm³/mol. The lowest BCUT2D eigenvalue weighted by Gasteiger charge is -2.23. The number of nitrogens with zero attached hydrogens (tertiary/aromatic N) is 1. The van der Waals surface area contributed by atoms with E-state index in [1.807, 2.05) is 32.0 Å². The monoisotopic (exact) mass is 263 g/mol. The van der Waals surface area contributed by atoms with Gasteiger partial charge >= 0.3 is 0 Å². The van der Waals surface area contributed by atoms with Crippen LogP contribution in [0.4, 0.5) is 5.69 Å². The van der Waals surface area contributed by atoms with E-state index in [0.717, 1.165) is 23.2 Å². The van der Waals surface area contributed by atoms with Gasteiger partial charge in [0, 0.05) is 5.69 Å². The van der Waals surface area contributed by atoms with E-state index in [1.165, 1.54) is 0 Å². The average molecular weight is 263 g/mol. The second-order valence-corrected chi connectivity index (χ2v) is 5.03. The molecule has 1 rings (SSSR count). The van der Waals surface area contributed by atoms with Crippen LogP contribution in [-0.2, 0) is 11.2 Å². The Morgan fingerprint density at radius 3 is 2.63 bits per heavy atom. The smallest absolute Gasteiger partial charge is 0.237 e. The van der Waals surface area contributed by atoms with E-state index in [9.17, 15) is 4.79 Å². The van der Waals surface area contributed by atoms with Gasteiger partial charge in [0.1, 0.15) is 5.41 Å². The van der Waals surface area contributed by atoms with Gasteiger partial charge in [-0.25, -0.2) is 0 Å². The van der Waals surface area contributed by atoms with Crippen LogP contribution >= 0.6 is 0 Å². The predicted octanol–water partition coefficient (Wildman–Crippen LogP) is 2.27. The molecule has 0 aliphatic heterocycles. The maximum absolute atomic E-state index is 12.3. The molecule has 0 radical (unpaired) electrons. The zero-order valence-electron chi connectivity index (χ0n) is 11.8. The van der Waals surface area contributed by atoms with E-state index in [0.29, 0.717) is 0 Å². The van der Waals surface area contributed by atoms with Crippen LogP contribution in [0.25, 0.3) is 0 Å². The lowest BCUT2D eigenvalue weighted by atomic mass is 9.90. The minimum Gasteiger partial charge on any atom is -0.409 e. The molecule has 1 amide bonds. The zero-order chi connectivity index (χ0) is 14.6. The minimum atomic E-state index is -1.07. The van der Waals surface area contributed by atoms with Crippen molar-refractivity contribution in [2.24, 2.45) is 16.3 Å². The number of carbonyl (C=O) groups is 1. The fraction of sp³-hybridized carbons (Fsp3) is 0.429. The first-order valence-corrected chi connectivity index (χ1v) is 6.22. The molecule has 5 nitrogen and oxygen atoms in total. The van der Waals surface area contributed by atoms with Crippen molar-refractivity contribution < 1.29 is 10.0 Å². The van der Waals surface area contributed by atoms with Gasteiger partial charge in [0.05, 0.1) is 0 Å². The Kier molecular flexibility index (Phi) is 4.53. The molecule has 0 unspecified atom stereocenters. The number of amides is 1. The van der Waals surface area contributed by atoms with E-state index < -0.39 is 5.41 Å². The van der Waals surface area contributed by atoms with Crippen LogP contribution in [0.2, 0.25) is 0 Å². The number of rotatable bonds is 4. The molecule has 0 saturated carbocycles. The van der Waals surface area contributed by atoms with Crippen molar-refractivity contribution in [2.75, 3.05) is 5.32 Å². The first-order chi connectivity index (χ1) is 8.84. The van der Waals surface area contributed by atoms with Crippen molar-refractivity contribution in [1.82, 2.24) is 0 Å². The van der Waals surface area contributed by atoms with Crippen LogP contribution in [0, 0.1) is 12.3 Å². The fourth-order valence-electron chi connectivity index (χ4n) is 1.71. The third-order valence-corrected chi connectivity index (χ3v) is 3.29. The minimum absolute atomic E-state index is 0.114. The number of amidine groups is 1. The first-order valence-electron chi connectivity index (χ1n) is 6.22. The Morgan fingerprint density at radius 2 is 2.11 bits per heavy atom. The van der Waals surface area contributed by atoms with Crippen molar-refractivity contribution in [2.45, 2.75) is 34.1 Å². The largest absolute Gasteiger partial charge is 0.409 e. The highest BCUT2D eigenvalue weighted by atomic mass is 16.4. The number of nitrogens with one attached hydrogen (secondary N) is 1. The lowest BCUT2D eigenvalue weighted by molar-refractivity contribution is -0.121. The maximum Gasteiger partial charge on any atom is 0.237 e. The average Bonchev–Trinajstić information content (AvgIpc) is 2.39. The fourth-order valence-corrected chi connectivity index (χ4v) is 1.71. The van der Waals surface area contributed by atoms with Crippen LogP contribution in [0.5, 0.6) is 0 Å². The van der Waals surface area contributed by atoms with Gasteiger partial charge in [-0.2, -0.15) is 0 Å². The van der Waals surface area contributed by atoms with Crippen molar-refractivity contribution in [1.29, 1.82) is 0 Å². The highest BCUT2D eigenvalue weighted by Gasteiger charge is 2.33. The number of oxime groups is 1. The van der Waals surface area contributed by atoms with Gasteiger partial charge in [-0.05, 0) is 38.3 Å². The molecule has 1 aromatic carbocycles. The van der Waals surface area contributed by atoms with E-state index in [4.69, 9.17) is 10.9 Å². The van der Waals surface area contributed by atoms with Gasteiger partial charge in [-0.1, -0.05) is 30.3 Å². The molecular weight excluding hydrogens is 242 g/mol. The highest BCUT2D eigenvalue weighted by molar-refractivity contribution is 6.11. The standard InChI is InChI=1S/C14H21N3O2/c1-5-10-8-6-7-9(2)11(10)16-13(18)14(3,4)12(15)17-19/h6-8,19H,5H2,1-4H3,(H2,15,17)(H,16,18). The zero-order valence-corrected chi connectivity index (χ0v) is 11.8. The quantitative estimate of drug-likeness (QED) is 0.337. The summed E-state index contributed by atoms with van der Waals surface area (Å²) in [5, 5.41) is 14.5. The van der Waals surface area contributed by atoms with E-state index in [1.54, 1.807) is 13.8 Å². The second-order valence-electron chi connectivity index (χ2n) is 5.03. The summed E-state index contributed by atoms with van der Waals surface area (Å²) in [7, 11) is 0. The summed E-state index contributed by atoms with van der Waals surface area (Å²) in [6.07, 6.45) is 0.821. The normalized spacial score (nSPS) is 12.3. The third kappa shape index (κ3) is 3.05. The summed E-state index contributed by atoms with van der Waals surface area (Å²) in [4.78, 5) is 12.3. The highest BCUT2D eigenvalue weighted by Crippen LogP contribution is 2.24. The molecule has 0 fully saturated rings. The molecule has 1 aromatic rings. The third-order valence-electron chi connectivity index (χ3n) is 3.29. The van der Waals surface area contributed by atoms with Gasteiger partial charge in [-0.3, -0.25) is 4.79 Å². The molecule has 4 N–H and O–H groups in total. The van der Waals surface area contributed by atoms with Crippen molar-refractivity contribution in [3.05, 3.63) is 29.3 Å². The Balaban J connectivity index is 3.07. The summed E-state index contributed by atoms with van der Waals surface area (Å²) < 4.78 is 0. The Morgan fingerprint density at radius 1 is 1.47 bits per heavy atom. The van der Waals surface area contributed by atoms with Crippen LogP contribution < -0.4 is 11.1 Å². The number of hydrogen-bond acceptors (Lipinski definition) is 3. The topological polar surface area (TPSA) is 87.7 Å². The van der Waals surface area contributed by atoms with E-state index in [-0.39, 0.29) is 11.7 Å². The number of aryl methyl sites for hydroxylation is 2. The van der Waals surface area contributed by atoms with Crippen molar-refractivity contribution >= 4 is 17.4 Å². The maximum atomic E-state index is 12.3. The molecule has 5 heteroatoms. The Labute approximate surface area is 113 Å². The molecular formula is C14H21N3O2. The van der Waals surface area contributed by atoms with Gasteiger partial charge in [0.25, 0.3) is 0 Å². The van der Waals surface area contributed by atoms with Crippen LogP contribution in [0.1, 0.15) is 31.9 Å². The van der Waals surface area contributed by atoms with Crippen molar-refractivity contribution in [3.63, 3.8) is 0 Å². The summed E-state index contributed by atoms with van der Waals surface area (Å²) in [5.41, 5.74) is 7.33. The Bertz CT molecular complexity index is 507. The molecule has 19 heavy (non-hydrogen) atoms. The van der Waals surface area contributed by atoms with Crippen molar-refractivity contribution in [3.8, 4) is 0 Å². The number of nitrogens with two attached hydrogens (primary N) is 1. The molecule has 0 saturated heterocycles. The first kappa shape index (κ1) is 15.0. The van der Waals surface area contributed by atoms with E-state index in [2.05, 4.69) is 10.5 Å². The van der Waals surface area contributed by atoms with Gasteiger partial charge < -0.3 is 16.3 Å². The molecule has 0 atom stereocenters. The molecule has 0 heterocycles. The van der Waals surface area contributed by atoms with Gasteiger partial charge in [0.15, 0.2) is 5.84 Å². The van der Waals surface area contributed by atoms with Gasteiger partial charge in [0.2, 0.25) is 5.91 Å². The Hall–Kier alpha value is -2.04. The number of anilines is 1. The molecule has 104 valence electrons.